The van der Waals surface area contributed by atoms with E-state index in [0.717, 1.165) is 36.2 Å². The molecule has 1 aromatic rings. The quantitative estimate of drug-likeness (QED) is 0.814. The first-order valence-corrected chi connectivity index (χ1v) is 5.86. The molecule has 86 valence electrons. The Bertz CT molecular complexity index is 397. The second-order valence-corrected chi connectivity index (χ2v) is 4.33. The van der Waals surface area contributed by atoms with E-state index in [1.807, 2.05) is 32.0 Å². The van der Waals surface area contributed by atoms with E-state index in [0.29, 0.717) is 6.04 Å². The highest BCUT2D eigenvalue weighted by molar-refractivity contribution is 6.00. The summed E-state index contributed by atoms with van der Waals surface area (Å²) in [5.74, 6) is 0.0437. The molecule has 2 N–H and O–H groups in total. The SMILES string of the molecule is CCNc1ccc(C)cc1C(=O)NC1CC1. The number of aryl methyl sites for hydroxylation is 1. The molecule has 2 rings (SSSR count). The number of carbonyl (C=O) groups excluding carboxylic acids is 1. The Morgan fingerprint density at radius 3 is 2.81 bits per heavy atom. The van der Waals surface area contributed by atoms with E-state index in [4.69, 9.17) is 0 Å². The van der Waals surface area contributed by atoms with E-state index >= 15 is 0 Å². The van der Waals surface area contributed by atoms with Crippen LogP contribution in [-0.4, -0.2) is 18.5 Å². The van der Waals surface area contributed by atoms with Crippen LogP contribution in [0.2, 0.25) is 0 Å². The van der Waals surface area contributed by atoms with Crippen molar-refractivity contribution in [2.24, 2.45) is 0 Å². The Balaban J connectivity index is 2.20. The number of hydrogen-bond acceptors (Lipinski definition) is 2. The molecule has 0 unspecified atom stereocenters. The van der Waals surface area contributed by atoms with Crippen molar-refractivity contribution in [3.05, 3.63) is 29.3 Å². The standard InChI is InChI=1S/C13H18N2O/c1-3-14-12-7-4-9(2)8-11(12)13(16)15-10-5-6-10/h4,7-8,10,14H,3,5-6H2,1-2H3,(H,15,16). The summed E-state index contributed by atoms with van der Waals surface area (Å²) in [5, 5.41) is 6.23. The second-order valence-electron chi connectivity index (χ2n) is 4.33. The molecule has 1 aromatic carbocycles. The molecule has 0 bridgehead atoms. The van der Waals surface area contributed by atoms with Crippen LogP contribution < -0.4 is 10.6 Å². The smallest absolute Gasteiger partial charge is 0.253 e. The molecule has 0 aromatic heterocycles. The highest BCUT2D eigenvalue weighted by atomic mass is 16.1. The van der Waals surface area contributed by atoms with Crippen LogP contribution in [0, 0.1) is 6.92 Å². The van der Waals surface area contributed by atoms with Crippen molar-refractivity contribution >= 4 is 11.6 Å². The van der Waals surface area contributed by atoms with Crippen LogP contribution in [0.3, 0.4) is 0 Å². The van der Waals surface area contributed by atoms with E-state index in [1.165, 1.54) is 0 Å². The number of carbonyl (C=O) groups is 1. The number of rotatable bonds is 4. The summed E-state index contributed by atoms with van der Waals surface area (Å²) in [4.78, 5) is 12.0. The van der Waals surface area contributed by atoms with Crippen LogP contribution in [-0.2, 0) is 0 Å². The molecule has 1 fully saturated rings. The number of hydrogen-bond donors (Lipinski definition) is 2. The summed E-state index contributed by atoms with van der Waals surface area (Å²) < 4.78 is 0. The zero-order chi connectivity index (χ0) is 11.5. The zero-order valence-corrected chi connectivity index (χ0v) is 9.84. The van der Waals surface area contributed by atoms with Gasteiger partial charge in [0.1, 0.15) is 0 Å². The van der Waals surface area contributed by atoms with E-state index < -0.39 is 0 Å². The molecular formula is C13H18N2O. The van der Waals surface area contributed by atoms with Crippen LogP contribution in [0.5, 0.6) is 0 Å². The molecule has 1 saturated carbocycles. The lowest BCUT2D eigenvalue weighted by Crippen LogP contribution is -2.26. The van der Waals surface area contributed by atoms with Crippen molar-refractivity contribution in [3.8, 4) is 0 Å². The number of amides is 1. The lowest BCUT2D eigenvalue weighted by atomic mass is 10.1. The highest BCUT2D eigenvalue weighted by Crippen LogP contribution is 2.22. The molecule has 3 nitrogen and oxygen atoms in total. The van der Waals surface area contributed by atoms with Gasteiger partial charge in [-0.05, 0) is 38.8 Å². The van der Waals surface area contributed by atoms with Crippen molar-refractivity contribution in [2.45, 2.75) is 32.7 Å². The Morgan fingerprint density at radius 1 is 1.44 bits per heavy atom. The molecule has 0 aliphatic heterocycles. The fraction of sp³-hybridized carbons (Fsp3) is 0.462. The van der Waals surface area contributed by atoms with Crippen LogP contribution in [0.4, 0.5) is 5.69 Å². The molecule has 1 aliphatic carbocycles. The van der Waals surface area contributed by atoms with Crippen molar-refractivity contribution in [1.29, 1.82) is 0 Å². The largest absolute Gasteiger partial charge is 0.385 e. The summed E-state index contributed by atoms with van der Waals surface area (Å²) in [7, 11) is 0. The summed E-state index contributed by atoms with van der Waals surface area (Å²) in [6, 6.07) is 6.34. The maximum absolute atomic E-state index is 12.0. The minimum atomic E-state index is 0.0437. The zero-order valence-electron chi connectivity index (χ0n) is 9.84. The first kappa shape index (κ1) is 11.0. The third kappa shape index (κ3) is 2.54. The lowest BCUT2D eigenvalue weighted by Gasteiger charge is -2.11. The predicted octanol–water partition coefficient (Wildman–Crippen LogP) is 2.32. The van der Waals surface area contributed by atoms with Crippen molar-refractivity contribution in [2.75, 3.05) is 11.9 Å². The summed E-state index contributed by atoms with van der Waals surface area (Å²) in [6.45, 7) is 4.86. The third-order valence-corrected chi connectivity index (χ3v) is 2.70. The van der Waals surface area contributed by atoms with Crippen molar-refractivity contribution in [1.82, 2.24) is 5.32 Å². The van der Waals surface area contributed by atoms with Crippen molar-refractivity contribution in [3.63, 3.8) is 0 Å². The van der Waals surface area contributed by atoms with Crippen LogP contribution in [0.15, 0.2) is 18.2 Å². The fourth-order valence-corrected chi connectivity index (χ4v) is 1.68. The summed E-state index contributed by atoms with van der Waals surface area (Å²) in [6.07, 6.45) is 2.24. The van der Waals surface area contributed by atoms with Gasteiger partial charge in [0.2, 0.25) is 0 Å². The maximum atomic E-state index is 12.0. The van der Waals surface area contributed by atoms with Gasteiger partial charge in [0.15, 0.2) is 0 Å². The predicted molar refractivity (Wildman–Crippen MR) is 65.8 cm³/mol. The van der Waals surface area contributed by atoms with Gasteiger partial charge in [-0.15, -0.1) is 0 Å². The maximum Gasteiger partial charge on any atom is 0.253 e. The third-order valence-electron chi connectivity index (χ3n) is 2.70. The Morgan fingerprint density at radius 2 is 2.19 bits per heavy atom. The van der Waals surface area contributed by atoms with Gasteiger partial charge in [0, 0.05) is 18.3 Å². The van der Waals surface area contributed by atoms with E-state index in [9.17, 15) is 4.79 Å². The van der Waals surface area contributed by atoms with E-state index in [2.05, 4.69) is 10.6 Å². The van der Waals surface area contributed by atoms with Gasteiger partial charge in [-0.2, -0.15) is 0 Å². The molecule has 1 amide bonds. The molecular weight excluding hydrogens is 200 g/mol. The Hall–Kier alpha value is -1.51. The van der Waals surface area contributed by atoms with Gasteiger partial charge < -0.3 is 10.6 Å². The minimum absolute atomic E-state index is 0.0437. The van der Waals surface area contributed by atoms with Gasteiger partial charge in [-0.3, -0.25) is 4.79 Å². The number of anilines is 1. The van der Waals surface area contributed by atoms with Gasteiger partial charge in [-0.1, -0.05) is 11.6 Å². The van der Waals surface area contributed by atoms with Gasteiger partial charge in [-0.25, -0.2) is 0 Å². The molecule has 3 heteroatoms. The molecule has 16 heavy (non-hydrogen) atoms. The van der Waals surface area contributed by atoms with E-state index in [1.54, 1.807) is 0 Å². The molecule has 0 radical (unpaired) electrons. The molecule has 0 heterocycles. The second kappa shape index (κ2) is 4.56. The summed E-state index contributed by atoms with van der Waals surface area (Å²) >= 11 is 0. The molecule has 1 aliphatic rings. The lowest BCUT2D eigenvalue weighted by molar-refractivity contribution is 0.0952. The van der Waals surface area contributed by atoms with E-state index in [-0.39, 0.29) is 5.91 Å². The first-order chi connectivity index (χ1) is 7.70. The summed E-state index contributed by atoms with van der Waals surface area (Å²) in [5.41, 5.74) is 2.79. The average Bonchev–Trinajstić information content (AvgIpc) is 3.05. The molecule has 0 saturated heterocycles. The molecule has 0 spiro atoms. The number of benzene rings is 1. The highest BCUT2D eigenvalue weighted by Gasteiger charge is 2.24. The van der Waals surface area contributed by atoms with Gasteiger partial charge in [0.25, 0.3) is 5.91 Å². The Labute approximate surface area is 96.2 Å². The topological polar surface area (TPSA) is 41.1 Å². The number of nitrogens with one attached hydrogen (secondary N) is 2. The molecule has 0 atom stereocenters. The fourth-order valence-electron chi connectivity index (χ4n) is 1.68. The van der Waals surface area contributed by atoms with Crippen LogP contribution in [0.1, 0.15) is 35.7 Å². The van der Waals surface area contributed by atoms with Gasteiger partial charge >= 0.3 is 0 Å². The monoisotopic (exact) mass is 218 g/mol. The van der Waals surface area contributed by atoms with Crippen LogP contribution in [0.25, 0.3) is 0 Å². The average molecular weight is 218 g/mol. The Kier molecular flexibility index (Phi) is 3.13. The minimum Gasteiger partial charge on any atom is -0.385 e. The normalized spacial score (nSPS) is 14.6. The van der Waals surface area contributed by atoms with Crippen molar-refractivity contribution < 1.29 is 4.79 Å². The first-order valence-electron chi connectivity index (χ1n) is 5.86. The van der Waals surface area contributed by atoms with Gasteiger partial charge in [0.05, 0.1) is 5.56 Å². The van der Waals surface area contributed by atoms with Crippen LogP contribution >= 0.6 is 0 Å².